The van der Waals surface area contributed by atoms with E-state index in [4.69, 9.17) is 5.11 Å². The fraction of sp³-hybridized carbons (Fsp3) is 0.667. The Labute approximate surface area is 119 Å². The highest BCUT2D eigenvalue weighted by atomic mass is 32.1. The van der Waals surface area contributed by atoms with Gasteiger partial charge in [-0.2, -0.15) is 0 Å². The van der Waals surface area contributed by atoms with Crippen LogP contribution in [-0.2, 0) is 17.8 Å². The summed E-state index contributed by atoms with van der Waals surface area (Å²) in [5, 5.41) is 12.2. The number of carbonyl (C=O) groups is 1. The summed E-state index contributed by atoms with van der Waals surface area (Å²) >= 11 is 1.60. The minimum absolute atomic E-state index is 0.145. The molecule has 0 spiro atoms. The summed E-state index contributed by atoms with van der Waals surface area (Å²) in [5.41, 5.74) is 0. The highest BCUT2D eigenvalue weighted by molar-refractivity contribution is 7.12. The Bertz CT molecular complexity index is 397. The fourth-order valence-corrected chi connectivity index (χ4v) is 3.77. The minimum Gasteiger partial charge on any atom is -0.481 e. The van der Waals surface area contributed by atoms with Crippen molar-refractivity contribution >= 4 is 17.3 Å². The van der Waals surface area contributed by atoms with Crippen LogP contribution < -0.4 is 5.32 Å². The summed E-state index contributed by atoms with van der Waals surface area (Å²) in [5.74, 6) is 0.226. The van der Waals surface area contributed by atoms with Gasteiger partial charge in [0.2, 0.25) is 0 Å². The number of carboxylic acid groups (broad SMARTS) is 1. The van der Waals surface area contributed by atoms with Crippen LogP contribution >= 0.6 is 11.3 Å². The van der Waals surface area contributed by atoms with Crippen LogP contribution in [-0.4, -0.2) is 17.6 Å². The lowest BCUT2D eigenvalue weighted by atomic mass is 10.0. The Balaban J connectivity index is 1.57. The number of hydrogen-bond acceptors (Lipinski definition) is 3. The molecule has 1 aromatic rings. The molecule has 1 heterocycles. The molecule has 3 nitrogen and oxygen atoms in total. The van der Waals surface area contributed by atoms with Crippen LogP contribution in [0.15, 0.2) is 12.1 Å². The third-order valence-corrected chi connectivity index (χ3v) is 4.87. The molecular weight excluding hydrogens is 258 g/mol. The molecule has 0 aromatic carbocycles. The second-order valence-corrected chi connectivity index (χ2v) is 6.66. The number of rotatable bonds is 8. The predicted molar refractivity (Wildman–Crippen MR) is 78.6 cm³/mol. The van der Waals surface area contributed by atoms with Gasteiger partial charge in [0.1, 0.15) is 0 Å². The van der Waals surface area contributed by atoms with E-state index in [9.17, 15) is 4.79 Å². The number of aliphatic carboxylic acids is 1. The van der Waals surface area contributed by atoms with Crippen molar-refractivity contribution in [1.82, 2.24) is 5.32 Å². The minimum atomic E-state index is -0.752. The maximum absolute atomic E-state index is 10.6. The average molecular weight is 281 g/mol. The van der Waals surface area contributed by atoms with E-state index >= 15 is 0 Å². The number of hydrogen-bond donors (Lipinski definition) is 2. The first-order valence-electron chi connectivity index (χ1n) is 7.24. The lowest BCUT2D eigenvalue weighted by Crippen LogP contribution is -2.14. The molecule has 1 aliphatic rings. The third-order valence-electron chi connectivity index (χ3n) is 3.78. The van der Waals surface area contributed by atoms with Gasteiger partial charge in [0.05, 0.1) is 6.42 Å². The summed E-state index contributed by atoms with van der Waals surface area (Å²) in [6, 6.07) is 3.96. The largest absolute Gasteiger partial charge is 0.481 e. The van der Waals surface area contributed by atoms with E-state index in [1.54, 1.807) is 11.3 Å². The Morgan fingerprint density at radius 1 is 1.32 bits per heavy atom. The van der Waals surface area contributed by atoms with Crippen molar-refractivity contribution in [3.63, 3.8) is 0 Å². The molecule has 106 valence electrons. The van der Waals surface area contributed by atoms with Gasteiger partial charge >= 0.3 is 5.97 Å². The Hall–Kier alpha value is -0.870. The summed E-state index contributed by atoms with van der Waals surface area (Å²) in [6.45, 7) is 1.94. The number of thiophene rings is 1. The smallest absolute Gasteiger partial charge is 0.308 e. The predicted octanol–water partition coefficient (Wildman–Crippen LogP) is 3.44. The van der Waals surface area contributed by atoms with Crippen molar-refractivity contribution in [2.24, 2.45) is 5.92 Å². The van der Waals surface area contributed by atoms with Gasteiger partial charge in [-0.25, -0.2) is 0 Å². The fourth-order valence-electron chi connectivity index (χ4n) is 2.79. The maximum atomic E-state index is 10.6. The maximum Gasteiger partial charge on any atom is 0.308 e. The van der Waals surface area contributed by atoms with Gasteiger partial charge in [0.15, 0.2) is 0 Å². The quantitative estimate of drug-likeness (QED) is 0.718. The van der Waals surface area contributed by atoms with Gasteiger partial charge in [0, 0.05) is 16.3 Å². The van der Waals surface area contributed by atoms with E-state index in [1.165, 1.54) is 43.4 Å². The lowest BCUT2D eigenvalue weighted by molar-refractivity contribution is -0.136. The standard InChI is InChI=1S/C15H23NO2S/c17-15(18)10-13-7-8-14(19-13)11-16-9-3-6-12-4-1-2-5-12/h7-8,12,16H,1-6,9-11H2,(H,17,18). The molecule has 1 fully saturated rings. The molecular formula is C15H23NO2S. The van der Waals surface area contributed by atoms with Crippen molar-refractivity contribution in [1.29, 1.82) is 0 Å². The third kappa shape index (κ3) is 5.33. The molecule has 0 saturated heterocycles. The van der Waals surface area contributed by atoms with Gasteiger partial charge < -0.3 is 10.4 Å². The highest BCUT2D eigenvalue weighted by Crippen LogP contribution is 2.28. The Morgan fingerprint density at radius 2 is 2.05 bits per heavy atom. The Kier molecular flexibility index (Phi) is 5.86. The molecule has 0 unspecified atom stereocenters. The zero-order valence-corrected chi connectivity index (χ0v) is 12.2. The summed E-state index contributed by atoms with van der Waals surface area (Å²) in [7, 11) is 0. The second-order valence-electron chi connectivity index (χ2n) is 5.41. The molecule has 0 bridgehead atoms. The van der Waals surface area contributed by atoms with Crippen molar-refractivity contribution in [3.05, 3.63) is 21.9 Å². The van der Waals surface area contributed by atoms with Crippen LogP contribution in [0.2, 0.25) is 0 Å². The van der Waals surface area contributed by atoms with Gasteiger partial charge in [-0.15, -0.1) is 11.3 Å². The molecule has 0 amide bonds. The van der Waals surface area contributed by atoms with E-state index in [2.05, 4.69) is 5.32 Å². The van der Waals surface area contributed by atoms with Crippen LogP contribution in [0.25, 0.3) is 0 Å². The lowest BCUT2D eigenvalue weighted by Gasteiger charge is -2.08. The topological polar surface area (TPSA) is 49.3 Å². The normalized spacial score (nSPS) is 16.0. The van der Waals surface area contributed by atoms with E-state index < -0.39 is 5.97 Å². The molecule has 1 aromatic heterocycles. The monoisotopic (exact) mass is 281 g/mol. The summed E-state index contributed by atoms with van der Waals surface area (Å²) in [6.07, 6.45) is 8.50. The van der Waals surface area contributed by atoms with Crippen LogP contribution in [0.5, 0.6) is 0 Å². The van der Waals surface area contributed by atoms with Crippen LogP contribution in [0.4, 0.5) is 0 Å². The average Bonchev–Trinajstić information content (AvgIpc) is 3.00. The van der Waals surface area contributed by atoms with Crippen molar-refractivity contribution in [2.75, 3.05) is 6.54 Å². The SMILES string of the molecule is O=C(O)Cc1ccc(CNCCCC2CCCC2)s1. The van der Waals surface area contributed by atoms with Gasteiger partial charge in [-0.05, 0) is 37.4 Å². The first-order chi connectivity index (χ1) is 9.24. The molecule has 1 saturated carbocycles. The molecule has 0 atom stereocenters. The van der Waals surface area contributed by atoms with Gasteiger partial charge in [-0.3, -0.25) is 4.79 Å². The molecule has 0 radical (unpaired) electrons. The van der Waals surface area contributed by atoms with E-state index in [-0.39, 0.29) is 6.42 Å². The second kappa shape index (κ2) is 7.65. The van der Waals surface area contributed by atoms with Crippen LogP contribution in [0.3, 0.4) is 0 Å². The molecule has 2 rings (SSSR count). The highest BCUT2D eigenvalue weighted by Gasteiger charge is 2.13. The molecule has 1 aliphatic carbocycles. The first kappa shape index (κ1) is 14.5. The molecule has 0 aliphatic heterocycles. The zero-order valence-electron chi connectivity index (χ0n) is 11.4. The summed E-state index contributed by atoms with van der Waals surface area (Å²) < 4.78 is 0. The van der Waals surface area contributed by atoms with E-state index in [0.29, 0.717) is 0 Å². The van der Waals surface area contributed by atoms with Gasteiger partial charge in [-0.1, -0.05) is 25.7 Å². The van der Waals surface area contributed by atoms with E-state index in [0.717, 1.165) is 23.9 Å². The molecule has 19 heavy (non-hydrogen) atoms. The number of nitrogens with one attached hydrogen (secondary N) is 1. The van der Waals surface area contributed by atoms with Crippen molar-refractivity contribution in [2.45, 2.75) is 51.5 Å². The van der Waals surface area contributed by atoms with Gasteiger partial charge in [0.25, 0.3) is 0 Å². The van der Waals surface area contributed by atoms with Crippen molar-refractivity contribution in [3.8, 4) is 0 Å². The van der Waals surface area contributed by atoms with Crippen LogP contribution in [0.1, 0.15) is 48.3 Å². The van der Waals surface area contributed by atoms with E-state index in [1.807, 2.05) is 12.1 Å². The first-order valence-corrected chi connectivity index (χ1v) is 8.06. The summed E-state index contributed by atoms with van der Waals surface area (Å²) in [4.78, 5) is 12.8. The number of carboxylic acids is 1. The van der Waals surface area contributed by atoms with Crippen molar-refractivity contribution < 1.29 is 9.90 Å². The molecule has 2 N–H and O–H groups in total. The zero-order chi connectivity index (χ0) is 13.5. The van der Waals surface area contributed by atoms with Crippen LogP contribution in [0, 0.1) is 5.92 Å². The molecule has 4 heteroatoms. The Morgan fingerprint density at radius 3 is 2.79 bits per heavy atom.